The molecule has 0 bridgehead atoms. The average Bonchev–Trinajstić information content (AvgIpc) is 3.08. The number of amides is 1. The summed E-state index contributed by atoms with van der Waals surface area (Å²) in [6, 6.07) is 1.92. The molecule has 0 spiro atoms. The molecule has 1 saturated carbocycles. The van der Waals surface area contributed by atoms with Crippen LogP contribution in [0.15, 0.2) is 12.3 Å². The highest BCUT2D eigenvalue weighted by molar-refractivity contribution is 5.84. The van der Waals surface area contributed by atoms with Gasteiger partial charge in [-0.25, -0.2) is 9.97 Å². The summed E-state index contributed by atoms with van der Waals surface area (Å²) in [5, 5.41) is 2.91. The molecule has 1 aromatic heterocycles. The number of carbonyl (C=O) groups excluding carboxylic acids is 2. The first kappa shape index (κ1) is 14.9. The number of carbonyl (C=O) groups is 2. The predicted octanol–water partition coefficient (Wildman–Crippen LogP) is 1.45. The van der Waals surface area contributed by atoms with Crippen molar-refractivity contribution in [2.24, 2.45) is 5.92 Å². The van der Waals surface area contributed by atoms with Gasteiger partial charge in [0.05, 0.1) is 6.54 Å². The third-order valence-corrected chi connectivity index (χ3v) is 4.46. The third-order valence-electron chi connectivity index (χ3n) is 4.46. The minimum absolute atomic E-state index is 0.0164. The number of rotatable bonds is 4. The Morgan fingerprint density at radius 3 is 2.73 bits per heavy atom. The van der Waals surface area contributed by atoms with Crippen LogP contribution in [0.3, 0.4) is 0 Å². The molecule has 2 fully saturated rings. The van der Waals surface area contributed by atoms with Crippen molar-refractivity contribution in [1.29, 1.82) is 0 Å². The van der Waals surface area contributed by atoms with Crippen LogP contribution in [-0.2, 0) is 16.1 Å². The molecule has 1 aliphatic heterocycles. The first-order valence-electron chi connectivity index (χ1n) is 8.08. The molecular weight excluding hydrogens is 280 g/mol. The molecule has 1 aliphatic carbocycles. The second kappa shape index (κ2) is 6.85. The fourth-order valence-corrected chi connectivity index (χ4v) is 3.11. The normalized spacial score (nSPS) is 19.5. The Kier molecular flexibility index (Phi) is 4.65. The third kappa shape index (κ3) is 3.61. The predicted molar refractivity (Wildman–Crippen MR) is 82.3 cm³/mol. The Morgan fingerprint density at radius 2 is 2.00 bits per heavy atom. The molecule has 0 aromatic carbocycles. The molecule has 1 amide bonds. The molecular formula is C16H22N4O2. The van der Waals surface area contributed by atoms with E-state index in [9.17, 15) is 9.59 Å². The van der Waals surface area contributed by atoms with E-state index in [-0.39, 0.29) is 17.6 Å². The summed E-state index contributed by atoms with van der Waals surface area (Å²) >= 11 is 0. The number of Topliss-reactive ketones (excluding diaryl/α,β-unsaturated/α-hetero) is 1. The summed E-state index contributed by atoms with van der Waals surface area (Å²) < 4.78 is 0. The van der Waals surface area contributed by atoms with Gasteiger partial charge in [-0.05, 0) is 31.7 Å². The monoisotopic (exact) mass is 302 g/mol. The number of hydrogen-bond donors (Lipinski definition) is 1. The van der Waals surface area contributed by atoms with Crippen LogP contribution in [0.5, 0.6) is 0 Å². The SMILES string of the molecule is O=C1CCC(C(=O)NCc2nccc(N3CCCC3)n2)CC1. The molecule has 0 radical (unpaired) electrons. The maximum Gasteiger partial charge on any atom is 0.223 e. The van der Waals surface area contributed by atoms with Crippen LogP contribution in [0.25, 0.3) is 0 Å². The van der Waals surface area contributed by atoms with E-state index in [4.69, 9.17) is 0 Å². The van der Waals surface area contributed by atoms with Gasteiger partial charge in [-0.15, -0.1) is 0 Å². The first-order chi connectivity index (χ1) is 10.7. The van der Waals surface area contributed by atoms with E-state index in [0.717, 1.165) is 18.9 Å². The number of nitrogens with one attached hydrogen (secondary N) is 1. The summed E-state index contributed by atoms with van der Waals surface area (Å²) in [4.78, 5) is 34.4. The van der Waals surface area contributed by atoms with Gasteiger partial charge >= 0.3 is 0 Å². The van der Waals surface area contributed by atoms with Crippen molar-refractivity contribution < 1.29 is 9.59 Å². The van der Waals surface area contributed by atoms with Gasteiger partial charge in [-0.3, -0.25) is 9.59 Å². The fourth-order valence-electron chi connectivity index (χ4n) is 3.11. The standard InChI is InChI=1S/C16H22N4O2/c21-13-5-3-12(4-6-13)16(22)18-11-14-17-8-7-15(19-14)20-9-1-2-10-20/h7-8,12H,1-6,9-11H2,(H,18,22). The van der Waals surface area contributed by atoms with Gasteiger partial charge in [0.25, 0.3) is 0 Å². The molecule has 1 saturated heterocycles. The number of nitrogens with zero attached hydrogens (tertiary/aromatic N) is 3. The Labute approximate surface area is 130 Å². The fraction of sp³-hybridized carbons (Fsp3) is 0.625. The highest BCUT2D eigenvalue weighted by atomic mass is 16.2. The van der Waals surface area contributed by atoms with Gasteiger partial charge in [0, 0.05) is 38.0 Å². The van der Waals surface area contributed by atoms with Crippen molar-refractivity contribution >= 4 is 17.5 Å². The zero-order valence-electron chi connectivity index (χ0n) is 12.8. The van der Waals surface area contributed by atoms with E-state index in [2.05, 4.69) is 20.2 Å². The molecule has 2 aliphatic rings. The van der Waals surface area contributed by atoms with Gasteiger partial charge in [0.2, 0.25) is 5.91 Å². The minimum Gasteiger partial charge on any atom is -0.357 e. The molecule has 2 heterocycles. The second-order valence-electron chi connectivity index (χ2n) is 6.06. The maximum absolute atomic E-state index is 12.1. The molecule has 3 rings (SSSR count). The van der Waals surface area contributed by atoms with E-state index in [0.29, 0.717) is 38.1 Å². The summed E-state index contributed by atoms with van der Waals surface area (Å²) in [6.45, 7) is 2.43. The van der Waals surface area contributed by atoms with Crippen LogP contribution in [0.2, 0.25) is 0 Å². The van der Waals surface area contributed by atoms with Crippen molar-refractivity contribution in [3.8, 4) is 0 Å². The van der Waals surface area contributed by atoms with Gasteiger partial charge in [0.1, 0.15) is 17.4 Å². The van der Waals surface area contributed by atoms with E-state index in [1.807, 2.05) is 6.07 Å². The van der Waals surface area contributed by atoms with Crippen molar-refractivity contribution in [2.45, 2.75) is 45.1 Å². The topological polar surface area (TPSA) is 75.2 Å². The summed E-state index contributed by atoms with van der Waals surface area (Å²) in [6.07, 6.45) is 6.55. The second-order valence-corrected chi connectivity index (χ2v) is 6.06. The van der Waals surface area contributed by atoms with Crippen LogP contribution in [0, 0.1) is 5.92 Å². The Morgan fingerprint density at radius 1 is 1.27 bits per heavy atom. The van der Waals surface area contributed by atoms with Crippen molar-refractivity contribution in [3.63, 3.8) is 0 Å². The van der Waals surface area contributed by atoms with E-state index in [1.165, 1.54) is 12.8 Å². The highest BCUT2D eigenvalue weighted by Crippen LogP contribution is 2.21. The van der Waals surface area contributed by atoms with E-state index in [1.54, 1.807) is 6.20 Å². The Hall–Kier alpha value is -1.98. The number of anilines is 1. The highest BCUT2D eigenvalue weighted by Gasteiger charge is 2.24. The lowest BCUT2D eigenvalue weighted by Crippen LogP contribution is -2.33. The lowest BCUT2D eigenvalue weighted by atomic mass is 9.88. The molecule has 6 heteroatoms. The van der Waals surface area contributed by atoms with Crippen molar-refractivity contribution in [2.75, 3.05) is 18.0 Å². The largest absolute Gasteiger partial charge is 0.357 e. The molecule has 1 aromatic rings. The first-order valence-corrected chi connectivity index (χ1v) is 8.08. The van der Waals surface area contributed by atoms with Crippen molar-refractivity contribution in [3.05, 3.63) is 18.1 Å². The molecule has 118 valence electrons. The molecule has 0 unspecified atom stereocenters. The van der Waals surface area contributed by atoms with Gasteiger partial charge in [-0.2, -0.15) is 0 Å². The minimum atomic E-state index is -0.0422. The Balaban J connectivity index is 1.53. The quantitative estimate of drug-likeness (QED) is 0.911. The summed E-state index contributed by atoms with van der Waals surface area (Å²) in [7, 11) is 0. The molecule has 1 N–H and O–H groups in total. The number of aromatic nitrogens is 2. The van der Waals surface area contributed by atoms with Gasteiger partial charge < -0.3 is 10.2 Å². The van der Waals surface area contributed by atoms with Crippen LogP contribution in [0.4, 0.5) is 5.82 Å². The number of hydrogen-bond acceptors (Lipinski definition) is 5. The average molecular weight is 302 g/mol. The van der Waals surface area contributed by atoms with Crippen LogP contribution < -0.4 is 10.2 Å². The van der Waals surface area contributed by atoms with Crippen LogP contribution in [0.1, 0.15) is 44.3 Å². The Bertz CT molecular complexity index is 545. The lowest BCUT2D eigenvalue weighted by molar-refractivity contribution is -0.128. The summed E-state index contributed by atoms with van der Waals surface area (Å²) in [5.74, 6) is 1.83. The van der Waals surface area contributed by atoms with Gasteiger partial charge in [-0.1, -0.05) is 0 Å². The van der Waals surface area contributed by atoms with Crippen molar-refractivity contribution in [1.82, 2.24) is 15.3 Å². The molecule has 0 atom stereocenters. The zero-order chi connectivity index (χ0) is 15.4. The van der Waals surface area contributed by atoms with E-state index < -0.39 is 0 Å². The number of ketones is 1. The maximum atomic E-state index is 12.1. The van der Waals surface area contributed by atoms with Gasteiger partial charge in [0.15, 0.2) is 0 Å². The molecule has 22 heavy (non-hydrogen) atoms. The van der Waals surface area contributed by atoms with Crippen LogP contribution >= 0.6 is 0 Å². The smallest absolute Gasteiger partial charge is 0.223 e. The van der Waals surface area contributed by atoms with Crippen LogP contribution in [-0.4, -0.2) is 34.7 Å². The van der Waals surface area contributed by atoms with E-state index >= 15 is 0 Å². The molecule has 6 nitrogen and oxygen atoms in total. The lowest BCUT2D eigenvalue weighted by Gasteiger charge is -2.20. The zero-order valence-corrected chi connectivity index (χ0v) is 12.8. The summed E-state index contributed by atoms with van der Waals surface area (Å²) in [5.41, 5.74) is 0.